The number of carbonyl (C=O) groups excluding carboxylic acids is 1. The molecule has 0 N–H and O–H groups in total. The van der Waals surface area contributed by atoms with E-state index in [1.807, 2.05) is 7.11 Å². The fourth-order valence-corrected chi connectivity index (χ4v) is 3.99. The molecule has 0 aromatic carbocycles. The molecule has 0 radical (unpaired) electrons. The largest absolute Gasteiger partial charge is 0.384 e. The van der Waals surface area contributed by atoms with Gasteiger partial charge < -0.3 is 9.64 Å². The average molecular weight is 346 g/mol. The fraction of sp³-hybridized carbons (Fsp3) is 0.947. The third-order valence-corrected chi connectivity index (χ3v) is 6.11. The van der Waals surface area contributed by atoms with E-state index in [2.05, 4.69) is 17.4 Å². The molecule has 0 aromatic heterocycles. The molecular formula is C19H39NO2S. The number of thiol groups is 1. The molecule has 0 aromatic rings. The highest BCUT2D eigenvalue weighted by molar-refractivity contribution is 8.28. The van der Waals surface area contributed by atoms with E-state index < -0.39 is 0 Å². The Bertz CT molecular complexity index is 310. The first-order chi connectivity index (χ1) is 11.1. The van der Waals surface area contributed by atoms with E-state index in [4.69, 9.17) is 4.74 Å². The highest BCUT2D eigenvalue weighted by Gasteiger charge is 2.21. The molecular weight excluding hydrogens is 306 g/mol. The van der Waals surface area contributed by atoms with E-state index in [0.29, 0.717) is 5.12 Å². The molecule has 1 rings (SSSR count). The summed E-state index contributed by atoms with van der Waals surface area (Å²) in [7, 11) is 1.46. The minimum atomic E-state index is -0.355. The minimum absolute atomic E-state index is 0.355. The van der Waals surface area contributed by atoms with Gasteiger partial charge >= 0.3 is 0 Å². The molecule has 138 valence electrons. The molecule has 23 heavy (non-hydrogen) atoms. The molecule has 1 saturated heterocycles. The van der Waals surface area contributed by atoms with Crippen molar-refractivity contribution in [3.8, 4) is 0 Å². The standard InChI is InChI=1S/C19H39NO2S/c1-22-17-18-13-15-20(16-18)14-11-9-7-5-4-6-8-10-12-19(21)23(2)3/h18,23H,4-17H2,1-3H3. The minimum Gasteiger partial charge on any atom is -0.384 e. The van der Waals surface area contributed by atoms with Crippen LogP contribution >= 0.6 is 10.9 Å². The number of carbonyl (C=O) groups is 1. The highest BCUT2D eigenvalue weighted by Crippen LogP contribution is 2.20. The lowest BCUT2D eigenvalue weighted by molar-refractivity contribution is -0.111. The Balaban J connectivity index is 1.81. The summed E-state index contributed by atoms with van der Waals surface area (Å²) in [5.41, 5.74) is 0. The predicted octanol–water partition coefficient (Wildman–Crippen LogP) is 4.25. The van der Waals surface area contributed by atoms with Crippen LogP contribution in [0.1, 0.15) is 64.2 Å². The Hall–Kier alpha value is -0.0600. The van der Waals surface area contributed by atoms with Gasteiger partial charge in [-0.2, -0.15) is 0 Å². The maximum absolute atomic E-state index is 11.5. The summed E-state index contributed by atoms with van der Waals surface area (Å²) in [4.78, 5) is 14.1. The maximum atomic E-state index is 11.5. The number of rotatable bonds is 13. The zero-order chi connectivity index (χ0) is 16.9. The Kier molecular flexibility index (Phi) is 12.1. The topological polar surface area (TPSA) is 29.5 Å². The van der Waals surface area contributed by atoms with Crippen molar-refractivity contribution in [1.82, 2.24) is 4.90 Å². The van der Waals surface area contributed by atoms with E-state index in [0.717, 1.165) is 25.4 Å². The molecule has 1 unspecified atom stereocenters. The van der Waals surface area contributed by atoms with Crippen LogP contribution in [0.5, 0.6) is 0 Å². The van der Waals surface area contributed by atoms with Gasteiger partial charge in [-0.05, 0) is 50.8 Å². The van der Waals surface area contributed by atoms with Crippen LogP contribution in [-0.4, -0.2) is 55.9 Å². The molecule has 0 aliphatic carbocycles. The Morgan fingerprint density at radius 1 is 1.04 bits per heavy atom. The molecule has 3 nitrogen and oxygen atoms in total. The molecule has 4 heteroatoms. The first-order valence-corrected chi connectivity index (χ1v) is 11.8. The molecule has 1 atom stereocenters. The van der Waals surface area contributed by atoms with Gasteiger partial charge in [0, 0.05) is 20.1 Å². The summed E-state index contributed by atoms with van der Waals surface area (Å²) >= 11 is 0. The molecule has 0 spiro atoms. The van der Waals surface area contributed by atoms with Gasteiger partial charge in [-0.1, -0.05) is 38.5 Å². The van der Waals surface area contributed by atoms with Gasteiger partial charge in [0.2, 0.25) is 0 Å². The smallest absolute Gasteiger partial charge is 0.168 e. The van der Waals surface area contributed by atoms with Crippen molar-refractivity contribution in [2.75, 3.05) is 45.9 Å². The zero-order valence-electron chi connectivity index (χ0n) is 15.7. The second kappa shape index (κ2) is 13.3. The second-order valence-corrected chi connectivity index (χ2v) is 9.56. The summed E-state index contributed by atoms with van der Waals surface area (Å²) in [5.74, 6) is 0.767. The van der Waals surface area contributed by atoms with Crippen molar-refractivity contribution >= 4 is 16.0 Å². The summed E-state index contributed by atoms with van der Waals surface area (Å²) in [5, 5.41) is 0.495. The van der Waals surface area contributed by atoms with Crippen LogP contribution in [0.3, 0.4) is 0 Å². The summed E-state index contributed by atoms with van der Waals surface area (Å²) in [6.45, 7) is 4.72. The van der Waals surface area contributed by atoms with Gasteiger partial charge in [0.25, 0.3) is 0 Å². The van der Waals surface area contributed by atoms with Crippen LogP contribution in [-0.2, 0) is 9.53 Å². The van der Waals surface area contributed by atoms with Crippen molar-refractivity contribution < 1.29 is 9.53 Å². The summed E-state index contributed by atoms with van der Waals surface area (Å²) in [6, 6.07) is 0. The van der Waals surface area contributed by atoms with Crippen LogP contribution in [0, 0.1) is 5.92 Å². The fourth-order valence-electron chi connectivity index (χ4n) is 3.38. The molecule has 0 saturated carbocycles. The van der Waals surface area contributed by atoms with Gasteiger partial charge in [0.05, 0.1) is 6.61 Å². The van der Waals surface area contributed by atoms with Gasteiger partial charge in [0.1, 0.15) is 0 Å². The molecule has 1 aliphatic rings. The number of likely N-dealkylation sites (tertiary alicyclic amines) is 1. The van der Waals surface area contributed by atoms with Gasteiger partial charge in [0.15, 0.2) is 5.12 Å². The third-order valence-electron chi connectivity index (χ3n) is 4.89. The molecule has 0 amide bonds. The quantitative estimate of drug-likeness (QED) is 0.400. The summed E-state index contributed by atoms with van der Waals surface area (Å²) in [6.07, 6.45) is 16.7. The lowest BCUT2D eigenvalue weighted by atomic mass is 10.1. The van der Waals surface area contributed by atoms with Crippen molar-refractivity contribution in [1.29, 1.82) is 0 Å². The third kappa shape index (κ3) is 10.4. The number of unbranched alkanes of at least 4 members (excludes halogenated alkanes) is 7. The van der Waals surface area contributed by atoms with Gasteiger partial charge in [-0.3, -0.25) is 4.79 Å². The van der Waals surface area contributed by atoms with E-state index in [-0.39, 0.29) is 10.9 Å². The first-order valence-electron chi connectivity index (χ1n) is 9.55. The Morgan fingerprint density at radius 3 is 2.26 bits per heavy atom. The predicted molar refractivity (Wildman–Crippen MR) is 104 cm³/mol. The monoisotopic (exact) mass is 345 g/mol. The van der Waals surface area contributed by atoms with Crippen LogP contribution in [0.4, 0.5) is 0 Å². The molecule has 0 bridgehead atoms. The van der Waals surface area contributed by atoms with E-state index in [1.165, 1.54) is 71.0 Å². The molecule has 1 aliphatic heterocycles. The van der Waals surface area contributed by atoms with Crippen LogP contribution in [0.25, 0.3) is 0 Å². The van der Waals surface area contributed by atoms with Crippen molar-refractivity contribution in [2.24, 2.45) is 5.92 Å². The highest BCUT2D eigenvalue weighted by atomic mass is 32.2. The number of ether oxygens (including phenoxy) is 1. The lowest BCUT2D eigenvalue weighted by Crippen LogP contribution is -2.22. The Labute approximate surface area is 146 Å². The van der Waals surface area contributed by atoms with E-state index in [1.54, 1.807) is 0 Å². The number of nitrogens with zero attached hydrogens (tertiary/aromatic N) is 1. The molecule has 1 heterocycles. The maximum Gasteiger partial charge on any atom is 0.168 e. The second-order valence-electron chi connectivity index (χ2n) is 7.28. The molecule has 1 fully saturated rings. The number of hydrogen-bond acceptors (Lipinski definition) is 3. The number of hydrogen-bond donors (Lipinski definition) is 1. The van der Waals surface area contributed by atoms with Gasteiger partial charge in [-0.15, -0.1) is 0 Å². The van der Waals surface area contributed by atoms with Crippen LogP contribution in [0.2, 0.25) is 0 Å². The number of methoxy groups -OCH3 is 1. The van der Waals surface area contributed by atoms with Crippen molar-refractivity contribution in [2.45, 2.75) is 64.2 Å². The van der Waals surface area contributed by atoms with E-state index in [9.17, 15) is 4.79 Å². The van der Waals surface area contributed by atoms with E-state index >= 15 is 0 Å². The zero-order valence-corrected chi connectivity index (χ0v) is 16.6. The SMILES string of the molecule is COCC1CCN(CCCCCCCCCCC(=O)[SH](C)C)C1. The lowest BCUT2D eigenvalue weighted by Gasteiger charge is -2.15. The van der Waals surface area contributed by atoms with Crippen LogP contribution < -0.4 is 0 Å². The first kappa shape index (κ1) is 21.0. The van der Waals surface area contributed by atoms with Gasteiger partial charge in [-0.25, -0.2) is 10.9 Å². The van der Waals surface area contributed by atoms with Crippen molar-refractivity contribution in [3.05, 3.63) is 0 Å². The average Bonchev–Trinajstić information content (AvgIpc) is 2.96. The normalized spacial score (nSPS) is 19.3. The van der Waals surface area contributed by atoms with Crippen LogP contribution in [0.15, 0.2) is 0 Å². The van der Waals surface area contributed by atoms with Crippen molar-refractivity contribution in [3.63, 3.8) is 0 Å². The summed E-state index contributed by atoms with van der Waals surface area (Å²) < 4.78 is 5.25. The Morgan fingerprint density at radius 2 is 1.65 bits per heavy atom.